The van der Waals surface area contributed by atoms with Crippen LogP contribution in [-0.2, 0) is 23.1 Å². The second kappa shape index (κ2) is 14.2. The van der Waals surface area contributed by atoms with Gasteiger partial charge in [0.25, 0.3) is 11.8 Å². The Balaban J connectivity index is 1.48. The van der Waals surface area contributed by atoms with Crippen molar-refractivity contribution in [2.24, 2.45) is 0 Å². The summed E-state index contributed by atoms with van der Waals surface area (Å²) >= 11 is 0. The van der Waals surface area contributed by atoms with Crippen molar-refractivity contribution in [3.8, 4) is 17.5 Å². The summed E-state index contributed by atoms with van der Waals surface area (Å²) in [5.74, 6) is 0.284. The summed E-state index contributed by atoms with van der Waals surface area (Å²) in [6.45, 7) is 1.02. The lowest BCUT2D eigenvalue weighted by Crippen LogP contribution is -2.42. The molecule has 2 N–H and O–H groups in total. The number of nitrogens with zero attached hydrogens (tertiary/aromatic N) is 6. The first-order valence-electron chi connectivity index (χ1n) is 16.8. The lowest BCUT2D eigenvalue weighted by Gasteiger charge is -2.35. The fraction of sp³-hybridized carbons (Fsp3) is 0.368. The Kier molecular flexibility index (Phi) is 9.79. The number of fused-ring (bicyclic) bond motifs is 2. The SMILES string of the molecule is CN(C)C(=O)c1ccc2c(c1)CCc1cc(C(=O)N(C)C)ccc1C2(CCNCC(=O)N1CCC[C@H]1C#N)c1nnc(-c2ccc(F)cc2)[nH]1. The number of aryl methyl sites for hydroxylation is 2. The number of hydrogen-bond donors (Lipinski definition) is 2. The fourth-order valence-corrected chi connectivity index (χ4v) is 7.24. The van der Waals surface area contributed by atoms with E-state index in [9.17, 15) is 24.0 Å². The molecule has 0 unspecified atom stereocenters. The van der Waals surface area contributed by atoms with Gasteiger partial charge in [0.1, 0.15) is 17.7 Å². The van der Waals surface area contributed by atoms with Gasteiger partial charge in [0.05, 0.1) is 18.0 Å². The molecule has 1 atom stereocenters. The number of likely N-dealkylation sites (tertiary alicyclic amines) is 1. The van der Waals surface area contributed by atoms with Gasteiger partial charge in [0.2, 0.25) is 5.91 Å². The molecular weight excluding hydrogens is 635 g/mol. The van der Waals surface area contributed by atoms with Crippen LogP contribution in [0.5, 0.6) is 0 Å². The monoisotopic (exact) mass is 676 g/mol. The Morgan fingerprint density at radius 3 is 2.10 bits per heavy atom. The first-order chi connectivity index (χ1) is 24.0. The maximum Gasteiger partial charge on any atom is 0.253 e. The lowest BCUT2D eigenvalue weighted by atomic mass is 9.69. The van der Waals surface area contributed by atoms with Crippen LogP contribution in [0.25, 0.3) is 11.4 Å². The van der Waals surface area contributed by atoms with Crippen LogP contribution in [0.4, 0.5) is 4.39 Å². The van der Waals surface area contributed by atoms with Crippen LogP contribution in [0.3, 0.4) is 0 Å². The van der Waals surface area contributed by atoms with E-state index in [1.807, 2.05) is 36.4 Å². The van der Waals surface area contributed by atoms with Crippen LogP contribution in [0, 0.1) is 17.1 Å². The van der Waals surface area contributed by atoms with Crippen molar-refractivity contribution in [1.29, 1.82) is 5.26 Å². The molecule has 258 valence electrons. The minimum absolute atomic E-state index is 0.0672. The number of H-pyrrole nitrogens is 1. The molecule has 50 heavy (non-hydrogen) atoms. The number of halogens is 1. The van der Waals surface area contributed by atoms with E-state index in [4.69, 9.17) is 5.10 Å². The van der Waals surface area contributed by atoms with Gasteiger partial charge in [-0.3, -0.25) is 14.4 Å². The van der Waals surface area contributed by atoms with E-state index in [1.54, 1.807) is 55.0 Å². The molecule has 6 rings (SSSR count). The summed E-state index contributed by atoms with van der Waals surface area (Å²) in [5, 5.41) is 22.1. The summed E-state index contributed by atoms with van der Waals surface area (Å²) in [6.07, 6.45) is 3.12. The largest absolute Gasteiger partial charge is 0.345 e. The van der Waals surface area contributed by atoms with E-state index in [2.05, 4.69) is 21.5 Å². The van der Waals surface area contributed by atoms with Gasteiger partial charge < -0.3 is 25.0 Å². The zero-order chi connectivity index (χ0) is 35.6. The van der Waals surface area contributed by atoms with Crippen molar-refractivity contribution in [3.05, 3.63) is 106 Å². The number of benzene rings is 3. The molecule has 1 saturated heterocycles. The van der Waals surface area contributed by atoms with Gasteiger partial charge in [-0.05, 0) is 109 Å². The van der Waals surface area contributed by atoms with Crippen LogP contribution < -0.4 is 5.32 Å². The number of carbonyl (C=O) groups excluding carboxylic acids is 3. The zero-order valence-electron chi connectivity index (χ0n) is 28.8. The Hall–Kier alpha value is -5.41. The van der Waals surface area contributed by atoms with Gasteiger partial charge in [0.15, 0.2) is 5.82 Å². The van der Waals surface area contributed by atoms with Crippen LogP contribution in [0.1, 0.15) is 68.1 Å². The van der Waals surface area contributed by atoms with Crippen LogP contribution in [0.2, 0.25) is 0 Å². The molecule has 1 aromatic heterocycles. The normalized spacial score (nSPS) is 16.2. The van der Waals surface area contributed by atoms with Gasteiger partial charge in [0, 0.05) is 51.4 Å². The van der Waals surface area contributed by atoms with E-state index in [1.165, 1.54) is 12.1 Å². The third kappa shape index (κ3) is 6.48. The molecule has 0 spiro atoms. The second-order valence-electron chi connectivity index (χ2n) is 13.4. The lowest BCUT2D eigenvalue weighted by molar-refractivity contribution is -0.130. The molecule has 0 bridgehead atoms. The average molecular weight is 677 g/mol. The van der Waals surface area contributed by atoms with Crippen LogP contribution in [-0.4, -0.2) is 101 Å². The average Bonchev–Trinajstić information content (AvgIpc) is 3.79. The number of amides is 3. The van der Waals surface area contributed by atoms with Crippen molar-refractivity contribution in [3.63, 3.8) is 0 Å². The molecule has 3 amide bonds. The second-order valence-corrected chi connectivity index (χ2v) is 13.4. The van der Waals surface area contributed by atoms with Crippen LogP contribution in [0.15, 0.2) is 60.7 Å². The van der Waals surface area contributed by atoms with Crippen molar-refractivity contribution in [2.75, 3.05) is 47.8 Å². The highest BCUT2D eigenvalue weighted by atomic mass is 19.1. The molecule has 0 saturated carbocycles. The smallest absolute Gasteiger partial charge is 0.253 e. The highest BCUT2D eigenvalue weighted by molar-refractivity contribution is 5.95. The molecular formula is C38H41FN8O3. The number of hydrogen-bond acceptors (Lipinski definition) is 7. The summed E-state index contributed by atoms with van der Waals surface area (Å²) in [6, 6.07) is 19.3. The van der Waals surface area contributed by atoms with E-state index in [0.29, 0.717) is 67.1 Å². The number of nitrogens with one attached hydrogen (secondary N) is 2. The highest BCUT2D eigenvalue weighted by Crippen LogP contribution is 2.46. The minimum atomic E-state index is -0.954. The summed E-state index contributed by atoms with van der Waals surface area (Å²) < 4.78 is 13.8. The standard InChI is InChI=1S/C38H41FN8O3/c1-45(2)35(49)27-11-15-31-25(20-27)7-8-26-21-28(36(50)46(3)4)12-16-32(26)38(31,17-18-41-23-33(48)47-19-5-6-30(47)22-40)37-42-34(43-44-37)24-9-13-29(39)14-10-24/h9-16,20-21,30,41H,5-8,17-19,23H2,1-4H3,(H,42,43,44)/t30-/m0/s1. The van der Waals surface area contributed by atoms with E-state index in [-0.39, 0.29) is 30.1 Å². The third-order valence-electron chi connectivity index (χ3n) is 9.78. The van der Waals surface area contributed by atoms with Crippen molar-refractivity contribution in [1.82, 2.24) is 35.2 Å². The molecule has 1 aliphatic carbocycles. The van der Waals surface area contributed by atoms with Gasteiger partial charge in [-0.1, -0.05) is 12.1 Å². The molecule has 2 aliphatic rings. The van der Waals surface area contributed by atoms with Crippen molar-refractivity contribution < 1.29 is 18.8 Å². The Morgan fingerprint density at radius 2 is 1.54 bits per heavy atom. The zero-order valence-corrected chi connectivity index (χ0v) is 28.8. The number of rotatable bonds is 9. The molecule has 2 heterocycles. The highest BCUT2D eigenvalue weighted by Gasteiger charge is 2.44. The number of nitriles is 1. The topological polar surface area (TPSA) is 138 Å². The summed E-state index contributed by atoms with van der Waals surface area (Å²) in [5.41, 5.74) is 4.60. The quantitative estimate of drug-likeness (QED) is 0.256. The maximum atomic E-state index is 13.8. The predicted octanol–water partition coefficient (Wildman–Crippen LogP) is 3.94. The third-order valence-corrected chi connectivity index (χ3v) is 9.78. The van der Waals surface area contributed by atoms with Gasteiger partial charge in [-0.15, -0.1) is 10.2 Å². The van der Waals surface area contributed by atoms with Gasteiger partial charge in [-0.25, -0.2) is 4.39 Å². The molecule has 1 aliphatic heterocycles. The molecule has 4 aromatic rings. The van der Waals surface area contributed by atoms with Gasteiger partial charge in [-0.2, -0.15) is 5.26 Å². The van der Waals surface area contributed by atoms with E-state index >= 15 is 0 Å². The maximum absolute atomic E-state index is 13.8. The molecule has 0 radical (unpaired) electrons. The molecule has 12 heteroatoms. The van der Waals surface area contributed by atoms with Crippen molar-refractivity contribution >= 4 is 17.7 Å². The number of aromatic nitrogens is 3. The first-order valence-corrected chi connectivity index (χ1v) is 16.8. The summed E-state index contributed by atoms with van der Waals surface area (Å²) in [4.78, 5) is 47.6. The Bertz CT molecular complexity index is 1890. The minimum Gasteiger partial charge on any atom is -0.345 e. The molecule has 11 nitrogen and oxygen atoms in total. The van der Waals surface area contributed by atoms with E-state index < -0.39 is 11.5 Å². The van der Waals surface area contributed by atoms with Crippen LogP contribution >= 0.6 is 0 Å². The predicted molar refractivity (Wildman–Crippen MR) is 186 cm³/mol. The van der Waals surface area contributed by atoms with Crippen molar-refractivity contribution in [2.45, 2.75) is 43.6 Å². The number of aromatic amines is 1. The van der Waals surface area contributed by atoms with E-state index in [0.717, 1.165) is 28.7 Å². The Morgan fingerprint density at radius 1 is 0.940 bits per heavy atom. The Labute approximate surface area is 291 Å². The first kappa shape index (κ1) is 34.5. The molecule has 3 aromatic carbocycles. The van der Waals surface area contributed by atoms with Gasteiger partial charge >= 0.3 is 0 Å². The fourth-order valence-electron chi connectivity index (χ4n) is 7.24. The summed E-state index contributed by atoms with van der Waals surface area (Å²) in [7, 11) is 6.88. The number of carbonyl (C=O) groups is 3. The molecule has 1 fully saturated rings.